The molecule has 0 aliphatic rings. The Balaban J connectivity index is 0.000000720. The monoisotopic (exact) mass is 188 g/mol. The molecule has 0 radical (unpaired) electrons. The predicted octanol–water partition coefficient (Wildman–Crippen LogP) is -2.83. The van der Waals surface area contributed by atoms with Gasteiger partial charge in [-0.25, -0.2) is 0 Å². The molecule has 0 spiro atoms. The van der Waals surface area contributed by atoms with Crippen LogP contribution in [0.2, 0.25) is 0 Å². The number of aromatic nitrogens is 4. The summed E-state index contributed by atoms with van der Waals surface area (Å²) in [5, 5.41) is 7.23. The Kier molecular flexibility index (Phi) is 3.60. The van der Waals surface area contributed by atoms with E-state index in [2.05, 4.69) is 26.5 Å². The second kappa shape index (κ2) is 4.29. The van der Waals surface area contributed by atoms with E-state index in [1.54, 1.807) is 13.3 Å². The molecule has 0 aromatic carbocycles. The van der Waals surface area contributed by atoms with E-state index < -0.39 is 0 Å². The molecule has 0 fully saturated rings. The molecule has 5 nitrogen and oxygen atoms in total. The predicted molar refractivity (Wildman–Crippen MR) is 37.1 cm³/mol. The minimum absolute atomic E-state index is 0. The maximum atomic E-state index is 4.94. The smallest absolute Gasteiger partial charge is 0.537 e. The first-order chi connectivity index (χ1) is 5.42. The van der Waals surface area contributed by atoms with Crippen molar-refractivity contribution in [3.05, 3.63) is 12.5 Å². The number of nitrogens with one attached hydrogen (secondary N) is 1. The van der Waals surface area contributed by atoms with Crippen molar-refractivity contribution < 1.29 is 56.1 Å². The van der Waals surface area contributed by atoms with Gasteiger partial charge in [-0.3, -0.25) is 0 Å². The first-order valence-corrected chi connectivity index (χ1v) is 3.03. The molecule has 0 aliphatic heterocycles. The molecule has 2 rings (SSSR count). The molecular weight excluding hydrogens is 183 g/mol. The molecule has 2 aromatic rings. The SMILES string of the molecule is COc1n[c-]nc2[nH]ncc12.[K+]. The van der Waals surface area contributed by atoms with Crippen molar-refractivity contribution in [2.75, 3.05) is 7.11 Å². The molecule has 0 amide bonds. The summed E-state index contributed by atoms with van der Waals surface area (Å²) in [5.41, 5.74) is 0.636. The van der Waals surface area contributed by atoms with Crippen LogP contribution in [0.3, 0.4) is 0 Å². The van der Waals surface area contributed by atoms with Gasteiger partial charge in [-0.2, -0.15) is 5.10 Å². The summed E-state index contributed by atoms with van der Waals surface area (Å²) in [6.07, 6.45) is 4.06. The average molecular weight is 188 g/mol. The summed E-state index contributed by atoms with van der Waals surface area (Å²) in [4.78, 5) is 7.59. The molecular formula is C6H5KN4O. The molecule has 0 bridgehead atoms. The molecule has 0 atom stereocenters. The van der Waals surface area contributed by atoms with Gasteiger partial charge in [0.1, 0.15) is 5.88 Å². The summed E-state index contributed by atoms with van der Waals surface area (Å²) < 4.78 is 4.94. The second-order valence-corrected chi connectivity index (χ2v) is 1.97. The Morgan fingerprint density at radius 3 is 3.08 bits per heavy atom. The van der Waals surface area contributed by atoms with E-state index in [4.69, 9.17) is 4.74 Å². The van der Waals surface area contributed by atoms with E-state index in [0.717, 1.165) is 5.39 Å². The zero-order valence-electron chi connectivity index (χ0n) is 6.83. The zero-order valence-corrected chi connectivity index (χ0v) is 9.95. The van der Waals surface area contributed by atoms with Gasteiger partial charge in [0.25, 0.3) is 0 Å². The number of rotatable bonds is 1. The van der Waals surface area contributed by atoms with Crippen LogP contribution in [0.15, 0.2) is 6.20 Å². The van der Waals surface area contributed by atoms with Crippen LogP contribution in [0.25, 0.3) is 11.0 Å². The molecule has 6 heteroatoms. The van der Waals surface area contributed by atoms with E-state index in [1.807, 2.05) is 0 Å². The Morgan fingerprint density at radius 2 is 2.33 bits per heavy atom. The molecule has 56 valence electrons. The largest absolute Gasteiger partial charge is 1.00 e. The van der Waals surface area contributed by atoms with Crippen LogP contribution in [-0.4, -0.2) is 27.3 Å². The van der Waals surface area contributed by atoms with Gasteiger partial charge >= 0.3 is 51.4 Å². The fourth-order valence-electron chi connectivity index (χ4n) is 0.857. The van der Waals surface area contributed by atoms with Crippen molar-refractivity contribution in [3.8, 4) is 5.88 Å². The maximum absolute atomic E-state index is 4.94. The minimum atomic E-state index is 0. The second-order valence-electron chi connectivity index (χ2n) is 1.97. The fraction of sp³-hybridized carbons (Fsp3) is 0.167. The first kappa shape index (κ1) is 10.1. The van der Waals surface area contributed by atoms with Gasteiger partial charge < -0.3 is 19.8 Å². The summed E-state index contributed by atoms with van der Waals surface area (Å²) >= 11 is 0. The van der Waals surface area contributed by atoms with E-state index in [1.165, 1.54) is 0 Å². The third-order valence-electron chi connectivity index (χ3n) is 1.36. The number of fused-ring (bicyclic) bond motifs is 1. The maximum Gasteiger partial charge on any atom is 1.00 e. The van der Waals surface area contributed by atoms with Gasteiger partial charge in [0.05, 0.1) is 7.11 Å². The van der Waals surface area contributed by atoms with Gasteiger partial charge in [-0.1, -0.05) is 0 Å². The Morgan fingerprint density at radius 1 is 1.50 bits per heavy atom. The third-order valence-corrected chi connectivity index (χ3v) is 1.36. The van der Waals surface area contributed by atoms with Gasteiger partial charge in [-0.15, -0.1) is 0 Å². The number of ether oxygens (including phenoxy) is 1. The number of H-pyrrole nitrogens is 1. The van der Waals surface area contributed by atoms with E-state index >= 15 is 0 Å². The molecule has 0 unspecified atom stereocenters. The van der Waals surface area contributed by atoms with Gasteiger partial charge in [0, 0.05) is 18.2 Å². The molecule has 2 aromatic heterocycles. The quantitative estimate of drug-likeness (QED) is 0.387. The van der Waals surface area contributed by atoms with E-state index in [9.17, 15) is 0 Å². The Labute approximate surface area is 111 Å². The van der Waals surface area contributed by atoms with Crippen molar-refractivity contribution in [1.29, 1.82) is 0 Å². The van der Waals surface area contributed by atoms with Gasteiger partial charge in [0.15, 0.2) is 0 Å². The molecule has 1 N–H and O–H groups in total. The number of nitrogens with zero attached hydrogens (tertiary/aromatic N) is 3. The van der Waals surface area contributed by atoms with Crippen LogP contribution in [0.4, 0.5) is 0 Å². The van der Waals surface area contributed by atoms with Gasteiger partial charge in [0.2, 0.25) is 0 Å². The number of aromatic amines is 1. The van der Waals surface area contributed by atoms with Crippen molar-refractivity contribution in [1.82, 2.24) is 20.2 Å². The Bertz CT molecular complexity index is 374. The molecule has 0 saturated carbocycles. The summed E-state index contributed by atoms with van der Waals surface area (Å²) in [6, 6.07) is 0. The van der Waals surface area contributed by atoms with Crippen molar-refractivity contribution in [2.45, 2.75) is 0 Å². The first-order valence-electron chi connectivity index (χ1n) is 3.03. The van der Waals surface area contributed by atoms with Crippen LogP contribution in [0.1, 0.15) is 0 Å². The van der Waals surface area contributed by atoms with Crippen LogP contribution in [-0.2, 0) is 0 Å². The van der Waals surface area contributed by atoms with Gasteiger partial charge in [-0.05, 0) is 5.39 Å². The minimum Gasteiger partial charge on any atom is -0.537 e. The van der Waals surface area contributed by atoms with Crippen molar-refractivity contribution >= 4 is 11.0 Å². The van der Waals surface area contributed by atoms with E-state index in [0.29, 0.717) is 11.5 Å². The van der Waals surface area contributed by atoms with Crippen molar-refractivity contribution in [3.63, 3.8) is 0 Å². The van der Waals surface area contributed by atoms with Crippen LogP contribution in [0, 0.1) is 6.33 Å². The zero-order chi connectivity index (χ0) is 7.68. The topological polar surface area (TPSA) is 63.7 Å². The third kappa shape index (κ3) is 1.67. The van der Waals surface area contributed by atoms with Crippen molar-refractivity contribution in [2.24, 2.45) is 0 Å². The molecule has 0 saturated heterocycles. The number of hydrogen-bond acceptors (Lipinski definition) is 4. The van der Waals surface area contributed by atoms with E-state index in [-0.39, 0.29) is 51.4 Å². The average Bonchev–Trinajstić information content (AvgIpc) is 2.50. The standard InChI is InChI=1S/C6H5N4O.K/c1-11-6-4-2-9-10-5(4)7-3-8-6;/h2H,1H3,(H,7,8,9,10);/q-1;+1. The van der Waals surface area contributed by atoms with Crippen LogP contribution < -0.4 is 56.1 Å². The van der Waals surface area contributed by atoms with Crippen LogP contribution >= 0.6 is 0 Å². The Hall–Kier alpha value is -0.0136. The van der Waals surface area contributed by atoms with Crippen LogP contribution in [0.5, 0.6) is 5.88 Å². The summed E-state index contributed by atoms with van der Waals surface area (Å²) in [6.45, 7) is 0. The fourth-order valence-corrected chi connectivity index (χ4v) is 0.857. The molecule has 12 heavy (non-hydrogen) atoms. The summed E-state index contributed by atoms with van der Waals surface area (Å²) in [7, 11) is 1.54. The molecule has 2 heterocycles. The summed E-state index contributed by atoms with van der Waals surface area (Å²) in [5.74, 6) is 0.490. The normalized spacial score (nSPS) is 9.42. The number of hydrogen-bond donors (Lipinski definition) is 1. The number of methoxy groups -OCH3 is 1. The molecule has 0 aliphatic carbocycles.